The van der Waals surface area contributed by atoms with E-state index in [1.807, 2.05) is 0 Å². The highest BCUT2D eigenvalue weighted by Crippen LogP contribution is 2.35. The fourth-order valence-corrected chi connectivity index (χ4v) is 3.18. The van der Waals surface area contributed by atoms with Crippen LogP contribution >= 0.6 is 0 Å². The van der Waals surface area contributed by atoms with Crippen LogP contribution in [0.1, 0.15) is 56.7 Å². The molecule has 1 fully saturated rings. The Morgan fingerprint density at radius 1 is 1.26 bits per heavy atom. The minimum atomic E-state index is -0.602. The number of carbonyl (C=O) groups is 2. The Bertz CT molecular complexity index is 645. The quantitative estimate of drug-likeness (QED) is 0.904. The highest BCUT2D eigenvalue weighted by atomic mass is 16.5. The van der Waals surface area contributed by atoms with Crippen molar-refractivity contribution in [2.75, 3.05) is 7.05 Å². The molecule has 3 rings (SSSR count). The molecule has 0 unspecified atom stereocenters. The van der Waals surface area contributed by atoms with Gasteiger partial charge in [-0.1, -0.05) is 24.4 Å². The molecule has 0 bridgehead atoms. The van der Waals surface area contributed by atoms with Crippen LogP contribution in [-0.4, -0.2) is 39.7 Å². The molecule has 1 N–H and O–H groups in total. The normalized spacial score (nSPS) is 21.0. The van der Waals surface area contributed by atoms with E-state index >= 15 is 0 Å². The van der Waals surface area contributed by atoms with Crippen molar-refractivity contribution in [1.29, 1.82) is 0 Å². The van der Waals surface area contributed by atoms with E-state index in [9.17, 15) is 9.59 Å². The van der Waals surface area contributed by atoms with E-state index in [-0.39, 0.29) is 11.8 Å². The van der Waals surface area contributed by atoms with E-state index in [1.165, 1.54) is 5.01 Å². The van der Waals surface area contributed by atoms with Gasteiger partial charge in [0.25, 0.3) is 5.91 Å². The Morgan fingerprint density at radius 2 is 2.00 bits per heavy atom. The average molecular weight is 319 g/mol. The topological polar surface area (TPSA) is 101 Å². The summed E-state index contributed by atoms with van der Waals surface area (Å²) >= 11 is 0. The van der Waals surface area contributed by atoms with E-state index in [0.717, 1.165) is 32.1 Å². The van der Waals surface area contributed by atoms with Crippen LogP contribution in [0.2, 0.25) is 0 Å². The highest BCUT2D eigenvalue weighted by Gasteiger charge is 2.40. The van der Waals surface area contributed by atoms with Gasteiger partial charge in [-0.05, 0) is 12.8 Å². The van der Waals surface area contributed by atoms with Gasteiger partial charge in [-0.15, -0.1) is 0 Å². The highest BCUT2D eigenvalue weighted by molar-refractivity contribution is 6.39. The largest absolute Gasteiger partial charge is 0.340 e. The second-order valence-corrected chi connectivity index (χ2v) is 6.20. The molecule has 2 aliphatic rings. The standard InChI is InChI=1S/C15H21N5O3/c1-10-16-14(19-23-10)15(8-4-3-5-9-15)17-13(22)11-6-7-12(21)20(2)18-11/h3-9H2,1-2H3,(H,17,22). The first-order valence-electron chi connectivity index (χ1n) is 7.97. The van der Waals surface area contributed by atoms with Crippen molar-refractivity contribution in [3.8, 4) is 0 Å². The van der Waals surface area contributed by atoms with E-state index in [2.05, 4.69) is 20.6 Å². The summed E-state index contributed by atoms with van der Waals surface area (Å²) in [6.45, 7) is 1.74. The minimum Gasteiger partial charge on any atom is -0.340 e. The molecule has 0 radical (unpaired) electrons. The Labute approximate surface area is 134 Å². The maximum atomic E-state index is 12.6. The number of amides is 2. The number of nitrogens with one attached hydrogen (secondary N) is 1. The smallest absolute Gasteiger partial charge is 0.268 e. The summed E-state index contributed by atoms with van der Waals surface area (Å²) in [4.78, 5) is 28.5. The van der Waals surface area contributed by atoms with Crippen LogP contribution < -0.4 is 5.32 Å². The van der Waals surface area contributed by atoms with Crippen molar-refractivity contribution in [2.45, 2.75) is 57.4 Å². The SMILES string of the molecule is Cc1nc(C2(NC(=O)C3=NN(C)C(=O)CC3)CCCCC2)no1. The van der Waals surface area contributed by atoms with E-state index in [0.29, 0.717) is 30.3 Å². The monoisotopic (exact) mass is 319 g/mol. The van der Waals surface area contributed by atoms with Crippen LogP contribution in [0.3, 0.4) is 0 Å². The fraction of sp³-hybridized carbons (Fsp3) is 0.667. The van der Waals surface area contributed by atoms with Crippen molar-refractivity contribution >= 4 is 17.5 Å². The zero-order chi connectivity index (χ0) is 16.4. The third-order valence-corrected chi connectivity index (χ3v) is 4.48. The molecule has 2 heterocycles. The first-order valence-corrected chi connectivity index (χ1v) is 7.97. The molecule has 1 aromatic heterocycles. The Balaban J connectivity index is 1.83. The van der Waals surface area contributed by atoms with Gasteiger partial charge in [-0.3, -0.25) is 9.59 Å². The van der Waals surface area contributed by atoms with Gasteiger partial charge >= 0.3 is 0 Å². The first-order chi connectivity index (χ1) is 11.0. The van der Waals surface area contributed by atoms with Gasteiger partial charge in [0.2, 0.25) is 11.8 Å². The number of hydrogen-bond acceptors (Lipinski definition) is 6. The van der Waals surface area contributed by atoms with Crippen molar-refractivity contribution in [2.24, 2.45) is 5.10 Å². The molecule has 124 valence electrons. The number of carbonyl (C=O) groups excluding carboxylic acids is 2. The molecule has 1 aromatic rings. The van der Waals surface area contributed by atoms with Crippen LogP contribution in [0.4, 0.5) is 0 Å². The number of hydrogen-bond donors (Lipinski definition) is 1. The summed E-state index contributed by atoms with van der Waals surface area (Å²) < 4.78 is 5.11. The Kier molecular flexibility index (Phi) is 4.14. The predicted octanol–water partition coefficient (Wildman–Crippen LogP) is 1.26. The molecular weight excluding hydrogens is 298 g/mol. The van der Waals surface area contributed by atoms with Crippen LogP contribution in [0.15, 0.2) is 9.62 Å². The molecule has 8 heteroatoms. The van der Waals surface area contributed by atoms with Crippen LogP contribution in [0.5, 0.6) is 0 Å². The van der Waals surface area contributed by atoms with Crippen molar-refractivity contribution in [3.63, 3.8) is 0 Å². The van der Waals surface area contributed by atoms with Crippen LogP contribution in [0.25, 0.3) is 0 Å². The molecule has 1 saturated carbocycles. The molecule has 1 aliphatic heterocycles. The second-order valence-electron chi connectivity index (χ2n) is 6.20. The zero-order valence-corrected chi connectivity index (χ0v) is 13.5. The number of aromatic nitrogens is 2. The summed E-state index contributed by atoms with van der Waals surface area (Å²) in [5.74, 6) is 0.680. The summed E-state index contributed by atoms with van der Waals surface area (Å²) in [7, 11) is 1.56. The lowest BCUT2D eigenvalue weighted by atomic mass is 9.80. The van der Waals surface area contributed by atoms with Gasteiger partial charge in [0, 0.05) is 26.8 Å². The Morgan fingerprint density at radius 3 is 2.61 bits per heavy atom. The molecule has 0 spiro atoms. The molecule has 23 heavy (non-hydrogen) atoms. The summed E-state index contributed by atoms with van der Waals surface area (Å²) in [6.07, 6.45) is 5.34. The average Bonchev–Trinajstić information content (AvgIpc) is 2.98. The first kappa shape index (κ1) is 15.6. The number of aryl methyl sites for hydroxylation is 1. The molecule has 8 nitrogen and oxygen atoms in total. The van der Waals surface area contributed by atoms with Gasteiger partial charge < -0.3 is 9.84 Å². The van der Waals surface area contributed by atoms with Gasteiger partial charge in [0.05, 0.1) is 0 Å². The van der Waals surface area contributed by atoms with Crippen molar-refractivity contribution in [3.05, 3.63) is 11.7 Å². The molecule has 0 aromatic carbocycles. The lowest BCUT2D eigenvalue weighted by Crippen LogP contribution is -2.51. The predicted molar refractivity (Wildman–Crippen MR) is 81.4 cm³/mol. The van der Waals surface area contributed by atoms with Crippen molar-refractivity contribution < 1.29 is 14.1 Å². The fourth-order valence-electron chi connectivity index (χ4n) is 3.18. The Hall–Kier alpha value is -2.25. The molecule has 0 saturated heterocycles. The molecular formula is C15H21N5O3. The van der Waals surface area contributed by atoms with Gasteiger partial charge in [0.1, 0.15) is 11.3 Å². The summed E-state index contributed by atoms with van der Waals surface area (Å²) in [5.41, 5.74) is -0.229. The summed E-state index contributed by atoms with van der Waals surface area (Å²) in [6, 6.07) is 0. The van der Waals surface area contributed by atoms with Gasteiger partial charge in [0.15, 0.2) is 5.82 Å². The van der Waals surface area contributed by atoms with Crippen LogP contribution in [-0.2, 0) is 15.1 Å². The van der Waals surface area contributed by atoms with E-state index in [4.69, 9.17) is 4.52 Å². The third kappa shape index (κ3) is 3.11. The third-order valence-electron chi connectivity index (χ3n) is 4.48. The maximum Gasteiger partial charge on any atom is 0.268 e. The minimum absolute atomic E-state index is 0.0808. The number of hydrazone groups is 1. The van der Waals surface area contributed by atoms with Crippen molar-refractivity contribution in [1.82, 2.24) is 20.5 Å². The lowest BCUT2D eigenvalue weighted by Gasteiger charge is -2.35. The maximum absolute atomic E-state index is 12.6. The second kappa shape index (κ2) is 6.10. The zero-order valence-electron chi connectivity index (χ0n) is 13.5. The van der Waals surface area contributed by atoms with Gasteiger partial charge in [-0.25, -0.2) is 5.01 Å². The number of nitrogens with zero attached hydrogens (tertiary/aromatic N) is 4. The molecule has 0 atom stereocenters. The molecule has 2 amide bonds. The summed E-state index contributed by atoms with van der Waals surface area (Å²) in [5, 5.41) is 12.4. The van der Waals surface area contributed by atoms with Gasteiger partial charge in [-0.2, -0.15) is 10.1 Å². The molecule has 1 aliphatic carbocycles. The van der Waals surface area contributed by atoms with E-state index < -0.39 is 5.54 Å². The van der Waals surface area contributed by atoms with E-state index in [1.54, 1.807) is 14.0 Å². The lowest BCUT2D eigenvalue weighted by molar-refractivity contribution is -0.130. The van der Waals surface area contributed by atoms with Crippen LogP contribution in [0, 0.1) is 6.92 Å². The number of rotatable bonds is 3.